The van der Waals surface area contributed by atoms with Gasteiger partial charge in [-0.2, -0.15) is 0 Å². The molecule has 0 bridgehead atoms. The summed E-state index contributed by atoms with van der Waals surface area (Å²) in [7, 11) is 0. The van der Waals surface area contributed by atoms with Crippen molar-refractivity contribution < 1.29 is 0 Å². The quantitative estimate of drug-likeness (QED) is 0.266. The predicted octanol–water partition coefficient (Wildman–Crippen LogP) is 6.44. The molecule has 0 radical (unpaired) electrons. The van der Waals surface area contributed by atoms with Gasteiger partial charge in [0.05, 0.1) is 5.52 Å². The number of fused-ring (bicyclic) bond motifs is 1. The van der Waals surface area contributed by atoms with Crippen LogP contribution in [0.25, 0.3) is 20.7 Å². The lowest BCUT2D eigenvalue weighted by Crippen LogP contribution is -2.22. The minimum Gasteiger partial charge on any atom is -0.286 e. The van der Waals surface area contributed by atoms with E-state index < -0.39 is 0 Å². The molecule has 0 fully saturated rings. The largest absolute Gasteiger partial charge is 0.286 e. The number of thiophene rings is 1. The van der Waals surface area contributed by atoms with Gasteiger partial charge in [0.2, 0.25) is 0 Å². The summed E-state index contributed by atoms with van der Waals surface area (Å²) in [5.74, 6) is 0.802. The predicted molar refractivity (Wildman–Crippen MR) is 125 cm³/mol. The number of hydrogen-bond acceptors (Lipinski definition) is 4. The van der Waals surface area contributed by atoms with Crippen molar-refractivity contribution in [1.82, 2.24) is 9.55 Å². The van der Waals surface area contributed by atoms with Gasteiger partial charge in [0.25, 0.3) is 5.56 Å². The van der Waals surface area contributed by atoms with Gasteiger partial charge >= 0.3 is 0 Å². The fraction of sp³-hybridized carbons (Fsp3) is 0.250. The summed E-state index contributed by atoms with van der Waals surface area (Å²) in [6.45, 7) is 6.96. The lowest BCUT2D eigenvalue weighted by molar-refractivity contribution is 0.585. The minimum absolute atomic E-state index is 0.0756. The highest BCUT2D eigenvalue weighted by atomic mass is 32.2. The molecule has 0 N–H and O–H groups in total. The van der Waals surface area contributed by atoms with Crippen molar-refractivity contribution in [2.75, 3.05) is 0 Å². The third-order valence-corrected chi connectivity index (χ3v) is 7.08. The molecule has 2 aromatic heterocycles. The molecule has 5 heteroatoms. The van der Waals surface area contributed by atoms with Gasteiger partial charge in [-0.15, -0.1) is 11.3 Å². The number of aryl methyl sites for hydroxylation is 2. The zero-order valence-corrected chi connectivity index (χ0v) is 18.6. The molecule has 0 saturated heterocycles. The third-order valence-electron chi connectivity index (χ3n) is 4.87. The number of rotatable bonds is 6. The van der Waals surface area contributed by atoms with Crippen LogP contribution in [0.4, 0.5) is 0 Å². The van der Waals surface area contributed by atoms with E-state index in [0.29, 0.717) is 6.54 Å². The van der Waals surface area contributed by atoms with Crippen LogP contribution >= 0.6 is 23.1 Å². The summed E-state index contributed by atoms with van der Waals surface area (Å²) in [6.07, 6.45) is 0.904. The van der Waals surface area contributed by atoms with Crippen LogP contribution < -0.4 is 5.56 Å². The highest BCUT2D eigenvalue weighted by molar-refractivity contribution is 7.98. The Morgan fingerprint density at radius 1 is 1.00 bits per heavy atom. The first kappa shape index (κ1) is 19.9. The first-order valence-corrected chi connectivity index (χ1v) is 11.6. The summed E-state index contributed by atoms with van der Waals surface area (Å²) >= 11 is 3.18. The van der Waals surface area contributed by atoms with Gasteiger partial charge in [0, 0.05) is 17.2 Å². The fourth-order valence-corrected chi connectivity index (χ4v) is 5.25. The highest BCUT2D eigenvalue weighted by Gasteiger charge is 2.15. The summed E-state index contributed by atoms with van der Waals surface area (Å²) in [6, 6.07) is 19.0. The van der Waals surface area contributed by atoms with E-state index >= 15 is 0 Å². The minimum atomic E-state index is 0.0756. The maximum absolute atomic E-state index is 13.2. The van der Waals surface area contributed by atoms with E-state index in [4.69, 9.17) is 4.98 Å². The summed E-state index contributed by atoms with van der Waals surface area (Å²) < 4.78 is 2.59. The van der Waals surface area contributed by atoms with Crippen LogP contribution in [0.5, 0.6) is 0 Å². The van der Waals surface area contributed by atoms with Crippen LogP contribution in [0, 0.1) is 13.8 Å². The Morgan fingerprint density at radius 2 is 1.66 bits per heavy atom. The Bertz CT molecular complexity index is 1190. The first-order valence-electron chi connectivity index (χ1n) is 9.85. The van der Waals surface area contributed by atoms with E-state index in [1.165, 1.54) is 16.7 Å². The van der Waals surface area contributed by atoms with Crippen molar-refractivity contribution >= 4 is 33.3 Å². The molecule has 0 spiro atoms. The van der Waals surface area contributed by atoms with Crippen molar-refractivity contribution in [1.29, 1.82) is 0 Å². The fourth-order valence-electron chi connectivity index (χ4n) is 3.21. The van der Waals surface area contributed by atoms with Crippen LogP contribution in [0.3, 0.4) is 0 Å². The van der Waals surface area contributed by atoms with Crippen molar-refractivity contribution in [3.8, 4) is 10.4 Å². The van der Waals surface area contributed by atoms with Crippen molar-refractivity contribution in [3.63, 3.8) is 0 Å². The molecule has 0 saturated carbocycles. The summed E-state index contributed by atoms with van der Waals surface area (Å²) in [5.41, 5.74) is 5.73. The summed E-state index contributed by atoms with van der Waals surface area (Å²) in [4.78, 5) is 19.2. The molecular formula is C24H24N2OS2. The molecule has 2 aromatic carbocycles. The molecule has 0 unspecified atom stereocenters. The van der Waals surface area contributed by atoms with E-state index in [0.717, 1.165) is 38.0 Å². The molecule has 4 aromatic rings. The molecule has 0 aliphatic rings. The monoisotopic (exact) mass is 420 g/mol. The molecule has 29 heavy (non-hydrogen) atoms. The number of nitrogens with zero attached hydrogens (tertiary/aromatic N) is 2. The Labute approximate surface area is 179 Å². The zero-order chi connectivity index (χ0) is 20.4. The van der Waals surface area contributed by atoms with Gasteiger partial charge in [0.1, 0.15) is 4.70 Å². The Hall–Kier alpha value is -2.37. The van der Waals surface area contributed by atoms with Crippen LogP contribution in [0.15, 0.2) is 64.5 Å². The van der Waals surface area contributed by atoms with E-state index in [9.17, 15) is 4.79 Å². The SMILES string of the molecule is CCCn1c(SCc2ccc(C)cc2)nc2cc(-c3ccc(C)cc3)sc2c1=O. The zero-order valence-electron chi connectivity index (χ0n) is 16.9. The molecular weight excluding hydrogens is 396 g/mol. The maximum atomic E-state index is 13.2. The number of aromatic nitrogens is 2. The average Bonchev–Trinajstić information content (AvgIpc) is 3.15. The smallest absolute Gasteiger partial charge is 0.272 e. The van der Waals surface area contributed by atoms with E-state index in [1.54, 1.807) is 23.1 Å². The van der Waals surface area contributed by atoms with Crippen LogP contribution in [0.2, 0.25) is 0 Å². The third kappa shape index (κ3) is 4.31. The number of benzene rings is 2. The number of thioether (sulfide) groups is 1. The molecule has 0 aliphatic carbocycles. The second-order valence-electron chi connectivity index (χ2n) is 7.32. The lowest BCUT2D eigenvalue weighted by Gasteiger charge is -2.11. The van der Waals surface area contributed by atoms with Crippen LogP contribution in [-0.2, 0) is 12.3 Å². The maximum Gasteiger partial charge on any atom is 0.272 e. The number of hydrogen-bond donors (Lipinski definition) is 0. The Kier molecular flexibility index (Phi) is 5.88. The van der Waals surface area contributed by atoms with Crippen molar-refractivity contribution in [3.05, 3.63) is 81.6 Å². The van der Waals surface area contributed by atoms with Gasteiger partial charge in [-0.05, 0) is 37.5 Å². The highest BCUT2D eigenvalue weighted by Crippen LogP contribution is 2.32. The van der Waals surface area contributed by atoms with E-state index in [2.05, 4.69) is 75.4 Å². The van der Waals surface area contributed by atoms with Crippen molar-refractivity contribution in [2.45, 2.75) is 44.6 Å². The topological polar surface area (TPSA) is 34.9 Å². The van der Waals surface area contributed by atoms with Gasteiger partial charge in [-0.1, -0.05) is 78.3 Å². The molecule has 4 rings (SSSR count). The molecule has 148 valence electrons. The van der Waals surface area contributed by atoms with Gasteiger partial charge in [-0.25, -0.2) is 4.98 Å². The molecule has 0 amide bonds. The van der Waals surface area contributed by atoms with Crippen LogP contribution in [-0.4, -0.2) is 9.55 Å². The normalized spacial score (nSPS) is 11.3. The average molecular weight is 421 g/mol. The summed E-state index contributed by atoms with van der Waals surface area (Å²) in [5, 5.41) is 0.804. The second-order valence-corrected chi connectivity index (χ2v) is 9.31. The van der Waals surface area contributed by atoms with Gasteiger partial charge in [0.15, 0.2) is 5.16 Å². The Morgan fingerprint density at radius 3 is 2.31 bits per heavy atom. The van der Waals surface area contributed by atoms with Gasteiger partial charge in [-0.3, -0.25) is 9.36 Å². The van der Waals surface area contributed by atoms with E-state index in [1.807, 2.05) is 4.57 Å². The van der Waals surface area contributed by atoms with Crippen LogP contribution in [0.1, 0.15) is 30.0 Å². The van der Waals surface area contributed by atoms with Gasteiger partial charge < -0.3 is 0 Å². The van der Waals surface area contributed by atoms with E-state index in [-0.39, 0.29) is 5.56 Å². The Balaban J connectivity index is 1.72. The molecule has 0 atom stereocenters. The lowest BCUT2D eigenvalue weighted by atomic mass is 10.1. The molecule has 2 heterocycles. The molecule has 3 nitrogen and oxygen atoms in total. The first-order chi connectivity index (χ1) is 14.0. The standard InChI is InChI=1S/C24H24N2OS2/c1-4-13-26-23(27)22-20(14-21(29-22)19-11-7-17(3)8-12-19)25-24(26)28-15-18-9-5-16(2)6-10-18/h5-12,14H,4,13,15H2,1-3H3. The second kappa shape index (κ2) is 8.56. The van der Waals surface area contributed by atoms with Crippen molar-refractivity contribution in [2.24, 2.45) is 0 Å². The molecule has 0 aliphatic heterocycles.